The van der Waals surface area contributed by atoms with Gasteiger partial charge in [-0.25, -0.2) is 0 Å². The monoisotopic (exact) mass is 258 g/mol. The van der Waals surface area contributed by atoms with Crippen LogP contribution < -0.4 is 0 Å². The third kappa shape index (κ3) is 4.32. The van der Waals surface area contributed by atoms with Crippen LogP contribution in [0.5, 0.6) is 0 Å². The number of hydrogen-bond donors (Lipinski definition) is 0. The van der Waals surface area contributed by atoms with Crippen LogP contribution in [0, 0.1) is 15.9 Å². The lowest BCUT2D eigenvalue weighted by atomic mass is 10.2. The maximum Gasteiger partial charge on any atom is 0.304 e. The van der Waals surface area contributed by atoms with Gasteiger partial charge in [-0.1, -0.05) is 6.07 Å². The molecule has 4 nitrogen and oxygen atoms in total. The summed E-state index contributed by atoms with van der Waals surface area (Å²) in [6, 6.07) is 4.04. The van der Waals surface area contributed by atoms with Crippen molar-refractivity contribution in [3.63, 3.8) is 0 Å². The fourth-order valence-corrected chi connectivity index (χ4v) is 1.93. The lowest BCUT2D eigenvalue weighted by Gasteiger charge is -2.15. The van der Waals surface area contributed by atoms with E-state index in [-0.39, 0.29) is 0 Å². The van der Waals surface area contributed by atoms with E-state index in [9.17, 15) is 14.5 Å². The van der Waals surface area contributed by atoms with Gasteiger partial charge in [-0.05, 0) is 24.9 Å². The Labute approximate surface area is 104 Å². The average molecular weight is 258 g/mol. The Balaban J connectivity index is 2.67. The van der Waals surface area contributed by atoms with Crippen LogP contribution in [-0.2, 0) is 6.54 Å². The van der Waals surface area contributed by atoms with Gasteiger partial charge >= 0.3 is 5.69 Å². The molecule has 1 aromatic rings. The highest BCUT2D eigenvalue weighted by Crippen LogP contribution is 2.18. The molecule has 0 heterocycles. The number of thioether (sulfide) groups is 1. The van der Waals surface area contributed by atoms with Crippen molar-refractivity contribution < 1.29 is 9.31 Å². The number of rotatable bonds is 6. The first-order valence-corrected chi connectivity index (χ1v) is 6.54. The lowest BCUT2D eigenvalue weighted by molar-refractivity contribution is -0.387. The van der Waals surface area contributed by atoms with Crippen LogP contribution in [0.4, 0.5) is 10.1 Å². The maximum absolute atomic E-state index is 13.3. The van der Waals surface area contributed by atoms with E-state index in [0.717, 1.165) is 17.9 Å². The van der Waals surface area contributed by atoms with Crippen molar-refractivity contribution in [1.82, 2.24) is 4.90 Å². The van der Waals surface area contributed by atoms with E-state index in [1.807, 2.05) is 13.3 Å². The minimum atomic E-state index is -0.772. The van der Waals surface area contributed by atoms with Crippen LogP contribution in [-0.4, -0.2) is 35.4 Å². The Morgan fingerprint density at radius 1 is 1.53 bits per heavy atom. The zero-order valence-electron chi connectivity index (χ0n) is 9.85. The van der Waals surface area contributed by atoms with Crippen molar-refractivity contribution >= 4 is 17.4 Å². The van der Waals surface area contributed by atoms with Crippen molar-refractivity contribution in [2.45, 2.75) is 6.54 Å². The predicted octanol–water partition coefficient (Wildman–Crippen LogP) is 2.53. The minimum Gasteiger partial charge on any atom is -0.301 e. The fraction of sp³-hybridized carbons (Fsp3) is 0.455. The normalized spacial score (nSPS) is 10.8. The van der Waals surface area contributed by atoms with Crippen LogP contribution in [0.15, 0.2) is 18.2 Å². The first kappa shape index (κ1) is 13.9. The molecule has 1 rings (SSSR count). The van der Waals surface area contributed by atoms with Gasteiger partial charge in [0.05, 0.1) is 4.92 Å². The quantitative estimate of drug-likeness (QED) is 0.581. The highest BCUT2D eigenvalue weighted by molar-refractivity contribution is 7.98. The zero-order chi connectivity index (χ0) is 12.8. The molecule has 0 bridgehead atoms. The summed E-state index contributed by atoms with van der Waals surface area (Å²) in [7, 11) is 1.94. The molecule has 0 aliphatic heterocycles. The number of nitro benzene ring substituents is 1. The van der Waals surface area contributed by atoms with E-state index in [1.165, 1.54) is 12.1 Å². The third-order valence-electron chi connectivity index (χ3n) is 2.34. The first-order chi connectivity index (χ1) is 8.04. The molecule has 6 heteroatoms. The highest BCUT2D eigenvalue weighted by Gasteiger charge is 2.14. The average Bonchev–Trinajstić information content (AvgIpc) is 2.26. The standard InChI is InChI=1S/C11H15FN2O2S/c1-13(5-6-17-2)8-9-3-4-11(14(15)16)10(12)7-9/h3-4,7H,5-6,8H2,1-2H3. The van der Waals surface area contributed by atoms with Gasteiger partial charge in [0, 0.05) is 24.9 Å². The highest BCUT2D eigenvalue weighted by atomic mass is 32.2. The van der Waals surface area contributed by atoms with E-state index in [1.54, 1.807) is 17.8 Å². The van der Waals surface area contributed by atoms with Crippen molar-refractivity contribution in [2.75, 3.05) is 25.6 Å². The molecule has 0 atom stereocenters. The Morgan fingerprint density at radius 3 is 2.76 bits per heavy atom. The molecule has 1 aromatic carbocycles. The Morgan fingerprint density at radius 2 is 2.24 bits per heavy atom. The second-order valence-corrected chi connectivity index (χ2v) is 4.76. The van der Waals surface area contributed by atoms with Crippen LogP contribution >= 0.6 is 11.8 Å². The molecule has 0 unspecified atom stereocenters. The van der Waals surface area contributed by atoms with Crippen LogP contribution in [0.1, 0.15) is 5.56 Å². The summed E-state index contributed by atoms with van der Waals surface area (Å²) in [5.41, 5.74) is 0.275. The number of benzene rings is 1. The van der Waals surface area contributed by atoms with Gasteiger partial charge in [-0.15, -0.1) is 0 Å². The molecule has 0 amide bonds. The summed E-state index contributed by atoms with van der Waals surface area (Å²) >= 11 is 1.74. The van der Waals surface area contributed by atoms with Crippen molar-refractivity contribution in [2.24, 2.45) is 0 Å². The Bertz CT molecular complexity index is 401. The van der Waals surface area contributed by atoms with Gasteiger partial charge in [0.15, 0.2) is 0 Å². The Kier molecular flexibility index (Phi) is 5.37. The SMILES string of the molecule is CSCCN(C)Cc1ccc([N+](=O)[O-])c(F)c1. The van der Waals surface area contributed by atoms with Gasteiger partial charge in [0.1, 0.15) is 0 Å². The van der Waals surface area contributed by atoms with Gasteiger partial charge in [0.25, 0.3) is 0 Å². The fourth-order valence-electron chi connectivity index (χ4n) is 1.43. The van der Waals surface area contributed by atoms with Crippen LogP contribution in [0.25, 0.3) is 0 Å². The first-order valence-electron chi connectivity index (χ1n) is 5.15. The van der Waals surface area contributed by atoms with E-state index in [0.29, 0.717) is 6.54 Å². The summed E-state index contributed by atoms with van der Waals surface area (Å²) in [5.74, 6) is 0.233. The molecular weight excluding hydrogens is 243 g/mol. The molecule has 94 valence electrons. The summed E-state index contributed by atoms with van der Waals surface area (Å²) in [6.45, 7) is 1.50. The number of nitrogens with zero attached hydrogens (tertiary/aromatic N) is 2. The molecule has 0 radical (unpaired) electrons. The molecule has 0 aliphatic rings. The lowest BCUT2D eigenvalue weighted by Crippen LogP contribution is -2.20. The molecule has 0 saturated carbocycles. The van der Waals surface area contributed by atoms with Crippen molar-refractivity contribution in [3.05, 3.63) is 39.7 Å². The number of halogens is 1. The summed E-state index contributed by atoms with van der Waals surface area (Å²) in [4.78, 5) is 11.8. The smallest absolute Gasteiger partial charge is 0.301 e. The molecule has 0 aromatic heterocycles. The Hall–Kier alpha value is -1.14. The maximum atomic E-state index is 13.3. The minimum absolute atomic E-state index is 0.472. The molecule has 0 saturated heterocycles. The molecular formula is C11H15FN2O2S. The molecule has 0 N–H and O–H groups in total. The van der Waals surface area contributed by atoms with Crippen molar-refractivity contribution in [1.29, 1.82) is 0 Å². The summed E-state index contributed by atoms with van der Waals surface area (Å²) < 4.78 is 13.3. The van der Waals surface area contributed by atoms with Crippen LogP contribution in [0.3, 0.4) is 0 Å². The second-order valence-electron chi connectivity index (χ2n) is 3.77. The van der Waals surface area contributed by atoms with E-state index < -0.39 is 16.4 Å². The number of hydrogen-bond acceptors (Lipinski definition) is 4. The molecule has 0 fully saturated rings. The van der Waals surface area contributed by atoms with Gasteiger partial charge in [-0.2, -0.15) is 16.2 Å². The zero-order valence-corrected chi connectivity index (χ0v) is 10.7. The van der Waals surface area contributed by atoms with Gasteiger partial charge in [-0.3, -0.25) is 10.1 Å². The molecule has 17 heavy (non-hydrogen) atoms. The second kappa shape index (κ2) is 6.56. The summed E-state index contributed by atoms with van der Waals surface area (Å²) in [6.07, 6.45) is 2.03. The topological polar surface area (TPSA) is 46.4 Å². The van der Waals surface area contributed by atoms with Crippen LogP contribution in [0.2, 0.25) is 0 Å². The van der Waals surface area contributed by atoms with E-state index in [2.05, 4.69) is 4.90 Å². The predicted molar refractivity (Wildman–Crippen MR) is 67.8 cm³/mol. The number of nitro groups is 1. The van der Waals surface area contributed by atoms with E-state index >= 15 is 0 Å². The largest absolute Gasteiger partial charge is 0.304 e. The van der Waals surface area contributed by atoms with E-state index in [4.69, 9.17) is 0 Å². The molecule has 0 spiro atoms. The van der Waals surface area contributed by atoms with Gasteiger partial charge in [0.2, 0.25) is 5.82 Å². The third-order valence-corrected chi connectivity index (χ3v) is 2.93. The van der Waals surface area contributed by atoms with Crippen molar-refractivity contribution in [3.8, 4) is 0 Å². The molecule has 0 aliphatic carbocycles. The summed E-state index contributed by atoms with van der Waals surface area (Å²) in [5, 5.41) is 10.4. The van der Waals surface area contributed by atoms with Gasteiger partial charge < -0.3 is 4.90 Å².